The summed E-state index contributed by atoms with van der Waals surface area (Å²) < 4.78 is 27.1. The molecule has 0 heterocycles. The van der Waals surface area contributed by atoms with Crippen LogP contribution in [0, 0.1) is 24.2 Å². The fourth-order valence-corrected chi connectivity index (χ4v) is 3.70. The molecule has 0 bridgehead atoms. The van der Waals surface area contributed by atoms with Crippen LogP contribution in [0.2, 0.25) is 0 Å². The van der Waals surface area contributed by atoms with Gasteiger partial charge < -0.3 is 0 Å². The first-order valence-electron chi connectivity index (χ1n) is 6.50. The molecule has 0 amide bonds. The van der Waals surface area contributed by atoms with Gasteiger partial charge in [0.2, 0.25) is 10.0 Å². The largest absolute Gasteiger partial charge is 0.240 e. The lowest BCUT2D eigenvalue weighted by Crippen LogP contribution is -2.38. The molecule has 1 aromatic rings. The normalized spacial score (nSPS) is 23.8. The fourth-order valence-electron chi connectivity index (χ4n) is 2.42. The van der Waals surface area contributed by atoms with Crippen LogP contribution < -0.4 is 4.72 Å². The molecule has 19 heavy (non-hydrogen) atoms. The van der Waals surface area contributed by atoms with E-state index in [0.717, 1.165) is 24.8 Å². The molecule has 5 heteroatoms. The molecule has 1 aromatic carbocycles. The number of nitrogens with one attached hydrogen (secondary N) is 1. The van der Waals surface area contributed by atoms with Crippen LogP contribution in [0.5, 0.6) is 0 Å². The Balaban J connectivity index is 2.09. The van der Waals surface area contributed by atoms with E-state index in [2.05, 4.69) is 10.8 Å². The summed E-state index contributed by atoms with van der Waals surface area (Å²) in [6.45, 7) is 1.92. The molecular formula is C14H18N2O2S. The average molecular weight is 278 g/mol. The van der Waals surface area contributed by atoms with Gasteiger partial charge in [0.1, 0.15) is 0 Å². The van der Waals surface area contributed by atoms with Crippen LogP contribution in [0.1, 0.15) is 31.2 Å². The van der Waals surface area contributed by atoms with Crippen molar-refractivity contribution in [3.8, 4) is 6.07 Å². The molecule has 1 fully saturated rings. The Bertz CT molecular complexity index is 572. The minimum Gasteiger partial charge on any atom is -0.208 e. The summed E-state index contributed by atoms with van der Waals surface area (Å²) >= 11 is 0. The van der Waals surface area contributed by atoms with Crippen LogP contribution in [0.4, 0.5) is 0 Å². The Kier molecular flexibility index (Phi) is 4.23. The summed E-state index contributed by atoms with van der Waals surface area (Å²) in [5.41, 5.74) is 1.03. The first-order valence-corrected chi connectivity index (χ1v) is 7.98. The quantitative estimate of drug-likeness (QED) is 0.922. The number of sulfonamides is 1. The van der Waals surface area contributed by atoms with E-state index in [-0.39, 0.29) is 16.9 Å². The molecule has 0 saturated heterocycles. The highest BCUT2D eigenvalue weighted by molar-refractivity contribution is 7.89. The summed E-state index contributed by atoms with van der Waals surface area (Å²) in [5.74, 6) is -0.0283. The third-order valence-corrected chi connectivity index (χ3v) is 5.05. The highest BCUT2D eigenvalue weighted by atomic mass is 32.2. The second-order valence-electron chi connectivity index (χ2n) is 5.12. The zero-order valence-electron chi connectivity index (χ0n) is 11.0. The zero-order valence-corrected chi connectivity index (χ0v) is 11.8. The molecule has 2 atom stereocenters. The molecule has 1 saturated carbocycles. The average Bonchev–Trinajstić information content (AvgIpc) is 2.39. The fraction of sp³-hybridized carbons (Fsp3) is 0.500. The Labute approximate surface area is 114 Å². The SMILES string of the molecule is Cc1ccc(S(=O)(=O)N[C@H]2CCC[C@H](C#N)C2)cc1. The van der Waals surface area contributed by atoms with Crippen molar-refractivity contribution in [3.05, 3.63) is 29.8 Å². The number of aryl methyl sites for hydroxylation is 1. The molecular weight excluding hydrogens is 260 g/mol. The number of benzene rings is 1. The lowest BCUT2D eigenvalue weighted by atomic mass is 9.87. The number of hydrogen-bond donors (Lipinski definition) is 1. The lowest BCUT2D eigenvalue weighted by molar-refractivity contribution is 0.358. The van der Waals surface area contributed by atoms with Crippen LogP contribution in [0.25, 0.3) is 0 Å². The summed E-state index contributed by atoms with van der Waals surface area (Å²) in [5, 5.41) is 8.93. The van der Waals surface area contributed by atoms with Crippen molar-refractivity contribution < 1.29 is 8.42 Å². The highest BCUT2D eigenvalue weighted by Gasteiger charge is 2.26. The van der Waals surface area contributed by atoms with Crippen molar-refractivity contribution in [2.45, 2.75) is 43.5 Å². The smallest absolute Gasteiger partial charge is 0.208 e. The predicted octanol–water partition coefficient (Wildman–Crippen LogP) is 2.36. The third kappa shape index (κ3) is 3.55. The molecule has 1 aliphatic rings. The minimum atomic E-state index is -3.47. The van der Waals surface area contributed by atoms with Gasteiger partial charge in [0.15, 0.2) is 0 Å². The first kappa shape index (κ1) is 14.0. The second-order valence-corrected chi connectivity index (χ2v) is 6.84. The number of hydrogen-bond acceptors (Lipinski definition) is 3. The maximum Gasteiger partial charge on any atom is 0.240 e. The van der Waals surface area contributed by atoms with Crippen LogP contribution in [-0.2, 0) is 10.0 Å². The van der Waals surface area contributed by atoms with Gasteiger partial charge in [-0.3, -0.25) is 0 Å². The molecule has 0 spiro atoms. The van der Waals surface area contributed by atoms with Crippen LogP contribution in [0.15, 0.2) is 29.2 Å². The number of rotatable bonds is 3. The zero-order chi connectivity index (χ0) is 13.9. The van der Waals surface area contributed by atoms with Crippen molar-refractivity contribution in [3.63, 3.8) is 0 Å². The summed E-state index contributed by atoms with van der Waals surface area (Å²) in [6.07, 6.45) is 3.20. The molecule has 102 valence electrons. The molecule has 2 rings (SSSR count). The molecule has 0 aliphatic heterocycles. The van der Waals surface area contributed by atoms with Gasteiger partial charge in [0.05, 0.1) is 11.0 Å². The second kappa shape index (κ2) is 5.72. The van der Waals surface area contributed by atoms with E-state index in [1.807, 2.05) is 6.92 Å². The van der Waals surface area contributed by atoms with Gasteiger partial charge in [-0.25, -0.2) is 13.1 Å². The van der Waals surface area contributed by atoms with Crippen molar-refractivity contribution in [2.75, 3.05) is 0 Å². The van der Waals surface area contributed by atoms with E-state index in [4.69, 9.17) is 5.26 Å². The van der Waals surface area contributed by atoms with E-state index in [1.165, 1.54) is 0 Å². The van der Waals surface area contributed by atoms with E-state index in [9.17, 15) is 8.42 Å². The summed E-state index contributed by atoms with van der Waals surface area (Å²) in [6, 6.07) is 8.91. The van der Waals surface area contributed by atoms with Gasteiger partial charge in [-0.1, -0.05) is 24.1 Å². The molecule has 0 radical (unpaired) electrons. The Morgan fingerprint density at radius 1 is 1.26 bits per heavy atom. The lowest BCUT2D eigenvalue weighted by Gasteiger charge is -2.25. The van der Waals surface area contributed by atoms with E-state index < -0.39 is 10.0 Å². The first-order chi connectivity index (χ1) is 9.01. The van der Waals surface area contributed by atoms with E-state index in [1.54, 1.807) is 24.3 Å². The third-order valence-electron chi connectivity index (χ3n) is 3.51. The van der Waals surface area contributed by atoms with Crippen molar-refractivity contribution >= 4 is 10.0 Å². The maximum atomic E-state index is 12.2. The topological polar surface area (TPSA) is 70.0 Å². The molecule has 1 aliphatic carbocycles. The maximum absolute atomic E-state index is 12.2. The monoisotopic (exact) mass is 278 g/mol. The van der Waals surface area contributed by atoms with Gasteiger partial charge >= 0.3 is 0 Å². The van der Waals surface area contributed by atoms with Gasteiger partial charge in [-0.2, -0.15) is 5.26 Å². The van der Waals surface area contributed by atoms with E-state index in [0.29, 0.717) is 6.42 Å². The van der Waals surface area contributed by atoms with Gasteiger partial charge in [-0.05, 0) is 38.3 Å². The van der Waals surface area contributed by atoms with Crippen molar-refractivity contribution in [1.29, 1.82) is 5.26 Å². The number of nitriles is 1. The van der Waals surface area contributed by atoms with Crippen molar-refractivity contribution in [2.24, 2.45) is 5.92 Å². The number of nitrogens with zero attached hydrogens (tertiary/aromatic N) is 1. The summed E-state index contributed by atoms with van der Waals surface area (Å²) in [4.78, 5) is 0.289. The van der Waals surface area contributed by atoms with Crippen LogP contribution in [0.3, 0.4) is 0 Å². The minimum absolute atomic E-state index is 0.0283. The molecule has 0 unspecified atom stereocenters. The van der Waals surface area contributed by atoms with Gasteiger partial charge in [-0.15, -0.1) is 0 Å². The predicted molar refractivity (Wildman–Crippen MR) is 72.9 cm³/mol. The summed E-state index contributed by atoms with van der Waals surface area (Å²) in [7, 11) is -3.47. The Hall–Kier alpha value is -1.38. The Morgan fingerprint density at radius 3 is 2.58 bits per heavy atom. The molecule has 0 aromatic heterocycles. The van der Waals surface area contributed by atoms with Crippen LogP contribution in [-0.4, -0.2) is 14.5 Å². The highest BCUT2D eigenvalue weighted by Crippen LogP contribution is 2.25. The Morgan fingerprint density at radius 2 is 1.95 bits per heavy atom. The van der Waals surface area contributed by atoms with Gasteiger partial charge in [0, 0.05) is 12.0 Å². The molecule has 4 nitrogen and oxygen atoms in total. The van der Waals surface area contributed by atoms with Crippen LogP contribution >= 0.6 is 0 Å². The van der Waals surface area contributed by atoms with Gasteiger partial charge in [0.25, 0.3) is 0 Å². The van der Waals surface area contributed by atoms with Crippen molar-refractivity contribution in [1.82, 2.24) is 4.72 Å². The van der Waals surface area contributed by atoms with E-state index >= 15 is 0 Å². The standard InChI is InChI=1S/C14H18N2O2S/c1-11-5-7-14(8-6-11)19(17,18)16-13-4-2-3-12(9-13)10-15/h5-8,12-13,16H,2-4,9H2,1H3/t12-,13-/m0/s1. The molecule has 1 N–H and O–H groups in total.